The predicted molar refractivity (Wildman–Crippen MR) is 107 cm³/mol. The lowest BCUT2D eigenvalue weighted by Crippen LogP contribution is -2.53. The zero-order valence-corrected chi connectivity index (χ0v) is 17.6. The predicted octanol–water partition coefficient (Wildman–Crippen LogP) is 3.13. The molecule has 0 saturated carbocycles. The maximum atomic E-state index is 13.1. The molecule has 2 heterocycles. The van der Waals surface area contributed by atoms with Gasteiger partial charge >= 0.3 is 5.97 Å². The Labute approximate surface area is 166 Å². The number of benzene rings is 1. The molecular formula is C22H30N2O4. The van der Waals surface area contributed by atoms with Crippen molar-refractivity contribution in [3.05, 3.63) is 40.6 Å². The summed E-state index contributed by atoms with van der Waals surface area (Å²) in [6.45, 7) is 10.7. The van der Waals surface area contributed by atoms with E-state index in [4.69, 9.17) is 9.57 Å². The van der Waals surface area contributed by atoms with Crippen LogP contribution in [0, 0.1) is 19.3 Å². The summed E-state index contributed by atoms with van der Waals surface area (Å²) in [7, 11) is 1.64. The molecule has 1 aromatic rings. The van der Waals surface area contributed by atoms with Crippen LogP contribution < -0.4 is 5.32 Å². The van der Waals surface area contributed by atoms with Crippen molar-refractivity contribution in [1.29, 1.82) is 0 Å². The number of hydrogen-bond donors (Lipinski definition) is 1. The van der Waals surface area contributed by atoms with E-state index in [-0.39, 0.29) is 11.9 Å². The molecule has 2 aliphatic rings. The maximum Gasteiger partial charge on any atom is 0.316 e. The third kappa shape index (κ3) is 3.71. The van der Waals surface area contributed by atoms with E-state index < -0.39 is 11.0 Å². The molecule has 6 heteroatoms. The van der Waals surface area contributed by atoms with Gasteiger partial charge in [-0.15, -0.1) is 0 Å². The highest BCUT2D eigenvalue weighted by atomic mass is 16.7. The minimum atomic E-state index is -0.682. The van der Waals surface area contributed by atoms with Crippen LogP contribution in [-0.4, -0.2) is 42.7 Å². The Morgan fingerprint density at radius 1 is 1.18 bits per heavy atom. The number of hydroxylamine groups is 2. The van der Waals surface area contributed by atoms with Crippen molar-refractivity contribution in [3.8, 4) is 0 Å². The number of amides is 1. The van der Waals surface area contributed by atoms with Gasteiger partial charge in [-0.2, -0.15) is 5.06 Å². The van der Waals surface area contributed by atoms with E-state index in [2.05, 4.69) is 5.32 Å². The number of nitrogens with zero attached hydrogens (tertiary/aromatic N) is 1. The topological polar surface area (TPSA) is 67.9 Å². The molecule has 0 bridgehead atoms. The van der Waals surface area contributed by atoms with Crippen LogP contribution in [0.4, 0.5) is 0 Å². The molecule has 28 heavy (non-hydrogen) atoms. The van der Waals surface area contributed by atoms with Crippen molar-refractivity contribution in [2.24, 2.45) is 5.41 Å². The molecule has 0 atom stereocenters. The van der Waals surface area contributed by atoms with Gasteiger partial charge in [-0.25, -0.2) is 0 Å². The maximum absolute atomic E-state index is 13.1. The highest BCUT2D eigenvalue weighted by Gasteiger charge is 2.50. The van der Waals surface area contributed by atoms with Gasteiger partial charge in [-0.3, -0.25) is 9.59 Å². The monoisotopic (exact) mass is 386 g/mol. The van der Waals surface area contributed by atoms with Crippen LogP contribution >= 0.6 is 0 Å². The largest absolute Gasteiger partial charge is 0.427 e. The molecule has 6 nitrogen and oxygen atoms in total. The third-order valence-electron chi connectivity index (χ3n) is 5.55. The van der Waals surface area contributed by atoms with Crippen molar-refractivity contribution >= 4 is 17.4 Å². The summed E-state index contributed by atoms with van der Waals surface area (Å²) in [5.74, 6) is -0.0616. The molecule has 0 aromatic heterocycles. The Balaban J connectivity index is 2.12. The van der Waals surface area contributed by atoms with Crippen LogP contribution in [0.25, 0.3) is 5.57 Å². The Morgan fingerprint density at radius 2 is 1.82 bits per heavy atom. The first-order valence-corrected chi connectivity index (χ1v) is 9.73. The first kappa shape index (κ1) is 20.6. The lowest BCUT2D eigenvalue weighted by Gasteiger charge is -2.39. The number of hydrogen-bond acceptors (Lipinski definition) is 5. The van der Waals surface area contributed by atoms with Gasteiger partial charge in [0.1, 0.15) is 11.3 Å². The number of aryl methyl sites for hydroxylation is 2. The molecule has 0 unspecified atom stereocenters. The van der Waals surface area contributed by atoms with Crippen LogP contribution in [0.5, 0.6) is 0 Å². The molecule has 2 aliphatic heterocycles. The minimum Gasteiger partial charge on any atom is -0.427 e. The fourth-order valence-electron chi connectivity index (χ4n) is 3.73. The number of rotatable bonds is 3. The lowest BCUT2D eigenvalue weighted by atomic mass is 9.85. The zero-order chi connectivity index (χ0) is 20.7. The van der Waals surface area contributed by atoms with Gasteiger partial charge in [0.15, 0.2) is 0 Å². The van der Waals surface area contributed by atoms with Crippen molar-refractivity contribution in [2.45, 2.75) is 53.0 Å². The normalized spacial score (nSPS) is 19.9. The number of esters is 1. The van der Waals surface area contributed by atoms with Crippen LogP contribution in [0.15, 0.2) is 24.0 Å². The third-order valence-corrected chi connectivity index (χ3v) is 5.55. The fourth-order valence-corrected chi connectivity index (χ4v) is 3.73. The Bertz CT molecular complexity index is 827. The van der Waals surface area contributed by atoms with E-state index in [1.807, 2.05) is 57.9 Å². The van der Waals surface area contributed by atoms with Gasteiger partial charge < -0.3 is 14.9 Å². The number of carbonyl (C=O) groups excluding carboxylic acids is 2. The summed E-state index contributed by atoms with van der Waals surface area (Å²) >= 11 is 0. The van der Waals surface area contributed by atoms with Crippen molar-refractivity contribution < 1.29 is 19.2 Å². The Morgan fingerprint density at radius 3 is 2.39 bits per heavy atom. The summed E-state index contributed by atoms with van der Waals surface area (Å²) in [6.07, 6.45) is 1.24. The number of carbonyl (C=O) groups is 2. The van der Waals surface area contributed by atoms with Crippen molar-refractivity contribution in [1.82, 2.24) is 10.4 Å². The van der Waals surface area contributed by atoms with Gasteiger partial charge in [-0.05, 0) is 58.6 Å². The lowest BCUT2D eigenvalue weighted by molar-refractivity contribution is -0.159. The quantitative estimate of drug-likeness (QED) is 0.809. The average Bonchev–Trinajstić information content (AvgIpc) is 2.88. The molecule has 1 amide bonds. The fraction of sp³-hybridized carbons (Fsp3) is 0.545. The van der Waals surface area contributed by atoms with E-state index >= 15 is 0 Å². The van der Waals surface area contributed by atoms with Crippen LogP contribution in [0.3, 0.4) is 0 Å². The summed E-state index contributed by atoms with van der Waals surface area (Å²) < 4.78 is 5.97. The van der Waals surface area contributed by atoms with Crippen molar-refractivity contribution in [3.63, 3.8) is 0 Å². The molecule has 1 saturated heterocycles. The van der Waals surface area contributed by atoms with E-state index in [0.29, 0.717) is 37.3 Å². The molecule has 0 aliphatic carbocycles. The summed E-state index contributed by atoms with van der Waals surface area (Å²) in [5.41, 5.74) is 1.98. The highest BCUT2D eigenvalue weighted by Crippen LogP contribution is 2.42. The Hall–Kier alpha value is -2.18. The average molecular weight is 386 g/mol. The van der Waals surface area contributed by atoms with Gasteiger partial charge in [0.05, 0.1) is 18.1 Å². The number of nitrogens with one attached hydrogen (secondary N) is 1. The first-order chi connectivity index (χ1) is 13.1. The van der Waals surface area contributed by atoms with Gasteiger partial charge in [0, 0.05) is 13.1 Å². The molecule has 1 aromatic carbocycles. The second-order valence-corrected chi connectivity index (χ2v) is 8.81. The first-order valence-electron chi connectivity index (χ1n) is 9.73. The molecule has 152 valence electrons. The second-order valence-electron chi connectivity index (χ2n) is 8.81. The summed E-state index contributed by atoms with van der Waals surface area (Å²) in [4.78, 5) is 31.2. The second kappa shape index (κ2) is 7.33. The van der Waals surface area contributed by atoms with Crippen LogP contribution in [0.1, 0.15) is 50.3 Å². The molecular weight excluding hydrogens is 356 g/mol. The van der Waals surface area contributed by atoms with E-state index in [9.17, 15) is 9.59 Å². The minimum absolute atomic E-state index is 0.184. The van der Waals surface area contributed by atoms with E-state index in [1.165, 1.54) is 0 Å². The summed E-state index contributed by atoms with van der Waals surface area (Å²) in [5, 5.41) is 5.00. The van der Waals surface area contributed by atoms with Gasteiger partial charge in [0.2, 0.25) is 0 Å². The standard InChI is InChI=1S/C22H30N2O4/c1-14-7-8-15(2)16(13-14)17-18(28-20(26)21(3,4)5)22(23-19(17)25)9-11-24(27-6)12-10-22/h7-8,13H,9-12H2,1-6H3,(H,23,25). The molecule has 0 radical (unpaired) electrons. The van der Waals surface area contributed by atoms with Crippen LogP contribution in [0.2, 0.25) is 0 Å². The van der Waals surface area contributed by atoms with E-state index in [0.717, 1.165) is 16.7 Å². The van der Waals surface area contributed by atoms with Gasteiger partial charge in [-0.1, -0.05) is 23.8 Å². The van der Waals surface area contributed by atoms with Crippen molar-refractivity contribution in [2.75, 3.05) is 20.2 Å². The van der Waals surface area contributed by atoms with Crippen LogP contribution in [-0.2, 0) is 19.2 Å². The van der Waals surface area contributed by atoms with Gasteiger partial charge in [0.25, 0.3) is 5.91 Å². The Kier molecular flexibility index (Phi) is 5.38. The number of piperidine rings is 1. The SMILES string of the molecule is CON1CCC2(CC1)NC(=O)C(c1cc(C)ccc1C)=C2OC(=O)C(C)(C)C. The molecule has 1 spiro atoms. The smallest absolute Gasteiger partial charge is 0.316 e. The molecule has 1 N–H and O–H groups in total. The molecule has 3 rings (SSSR count). The van der Waals surface area contributed by atoms with E-state index in [1.54, 1.807) is 7.11 Å². The zero-order valence-electron chi connectivity index (χ0n) is 17.6. The highest BCUT2D eigenvalue weighted by molar-refractivity contribution is 6.24. The summed E-state index contributed by atoms with van der Waals surface area (Å²) in [6, 6.07) is 5.99. The molecule has 1 fully saturated rings. The number of ether oxygens (including phenoxy) is 1.